The lowest BCUT2D eigenvalue weighted by molar-refractivity contribution is -0.165. The smallest absolute Gasteiger partial charge is 0.274 e. The number of carbonyl (C=O) groups excluding carboxylic acids is 1. The van der Waals surface area contributed by atoms with Crippen molar-refractivity contribution in [3.63, 3.8) is 0 Å². The molecule has 5 nitrogen and oxygen atoms in total. The zero-order valence-corrected chi connectivity index (χ0v) is 13.7. The summed E-state index contributed by atoms with van der Waals surface area (Å²) in [5.74, 6) is -0.0483. The van der Waals surface area contributed by atoms with Crippen LogP contribution in [0.15, 0.2) is 29.3 Å². The number of carbonyl (C=O) groups is 1. The SMILES string of the molecule is CC12CN3CN(C1)CC(C)(C3)C2N=C1C(=O)Nc2ccccc21. The summed E-state index contributed by atoms with van der Waals surface area (Å²) in [6.45, 7) is 10.1. The summed E-state index contributed by atoms with van der Waals surface area (Å²) >= 11 is 0. The molecule has 23 heavy (non-hydrogen) atoms. The van der Waals surface area contributed by atoms with E-state index in [-0.39, 0.29) is 22.8 Å². The maximum absolute atomic E-state index is 12.4. The number of nitrogens with one attached hydrogen (secondary N) is 1. The Hall–Kier alpha value is -1.72. The molecule has 6 rings (SSSR count). The zero-order valence-electron chi connectivity index (χ0n) is 13.7. The molecule has 1 aromatic carbocycles. The van der Waals surface area contributed by atoms with Crippen molar-refractivity contribution in [2.24, 2.45) is 15.8 Å². The van der Waals surface area contributed by atoms with Crippen LogP contribution in [0, 0.1) is 10.8 Å². The van der Waals surface area contributed by atoms with Crippen molar-refractivity contribution in [2.75, 3.05) is 38.2 Å². The molecule has 0 aliphatic carbocycles. The van der Waals surface area contributed by atoms with E-state index in [0.29, 0.717) is 5.71 Å². The number of para-hydroxylation sites is 1. The van der Waals surface area contributed by atoms with Crippen molar-refractivity contribution in [3.05, 3.63) is 29.8 Å². The average molecular weight is 310 g/mol. The van der Waals surface area contributed by atoms with Gasteiger partial charge >= 0.3 is 0 Å². The van der Waals surface area contributed by atoms with Crippen LogP contribution in [-0.2, 0) is 4.79 Å². The van der Waals surface area contributed by atoms with Gasteiger partial charge in [-0.15, -0.1) is 0 Å². The van der Waals surface area contributed by atoms with Gasteiger partial charge in [-0.3, -0.25) is 19.6 Å². The van der Waals surface area contributed by atoms with Gasteiger partial charge < -0.3 is 5.32 Å². The first-order chi connectivity index (χ1) is 11.0. The first kappa shape index (κ1) is 13.7. The van der Waals surface area contributed by atoms with Gasteiger partial charge in [-0.1, -0.05) is 32.0 Å². The molecule has 4 saturated heterocycles. The molecule has 1 amide bonds. The van der Waals surface area contributed by atoms with Gasteiger partial charge in [0.2, 0.25) is 0 Å². The van der Waals surface area contributed by atoms with Crippen LogP contribution in [0.5, 0.6) is 0 Å². The number of benzene rings is 1. The van der Waals surface area contributed by atoms with E-state index in [9.17, 15) is 4.79 Å². The van der Waals surface area contributed by atoms with Crippen LogP contribution in [0.4, 0.5) is 5.69 Å². The molecule has 0 radical (unpaired) electrons. The second-order valence-electron chi connectivity index (χ2n) is 8.30. The molecular formula is C18H22N4O. The Morgan fingerprint density at radius 2 is 1.70 bits per heavy atom. The maximum Gasteiger partial charge on any atom is 0.274 e. The fourth-order valence-electron chi connectivity index (χ4n) is 5.60. The van der Waals surface area contributed by atoms with Crippen LogP contribution in [0.3, 0.4) is 0 Å². The molecule has 0 aromatic heterocycles. The number of aliphatic imine (C=N–C) groups is 1. The molecule has 1 aromatic rings. The second kappa shape index (κ2) is 4.22. The average Bonchev–Trinajstić information content (AvgIpc) is 2.77. The third-order valence-corrected chi connectivity index (χ3v) is 5.96. The third kappa shape index (κ3) is 1.80. The highest BCUT2D eigenvalue weighted by Gasteiger charge is 2.59. The van der Waals surface area contributed by atoms with Crippen molar-refractivity contribution >= 4 is 17.3 Å². The Morgan fingerprint density at radius 3 is 2.35 bits per heavy atom. The molecule has 0 unspecified atom stereocenters. The molecule has 5 heterocycles. The van der Waals surface area contributed by atoms with Gasteiger partial charge in [0.05, 0.1) is 18.4 Å². The monoisotopic (exact) mass is 310 g/mol. The molecule has 5 aliphatic heterocycles. The maximum atomic E-state index is 12.4. The summed E-state index contributed by atoms with van der Waals surface area (Å²) in [5.41, 5.74) is 2.75. The Bertz CT molecular complexity index is 704. The number of rotatable bonds is 1. The molecule has 1 N–H and O–H groups in total. The lowest BCUT2D eigenvalue weighted by atomic mass is 9.60. The van der Waals surface area contributed by atoms with E-state index in [1.54, 1.807) is 0 Å². The number of piperidine rings is 2. The van der Waals surface area contributed by atoms with Gasteiger partial charge in [0, 0.05) is 42.6 Å². The summed E-state index contributed by atoms with van der Waals surface area (Å²) in [6.07, 6.45) is 0. The third-order valence-electron chi connectivity index (χ3n) is 5.96. The minimum atomic E-state index is -0.0483. The minimum absolute atomic E-state index is 0.0483. The van der Waals surface area contributed by atoms with Gasteiger partial charge in [-0.2, -0.15) is 0 Å². The van der Waals surface area contributed by atoms with E-state index in [1.807, 2.05) is 24.3 Å². The summed E-state index contributed by atoms with van der Waals surface area (Å²) in [6, 6.07) is 8.09. The van der Waals surface area contributed by atoms with Crippen LogP contribution < -0.4 is 5.32 Å². The fraction of sp³-hybridized carbons (Fsp3) is 0.556. The predicted octanol–water partition coefficient (Wildman–Crippen LogP) is 1.41. The fourth-order valence-corrected chi connectivity index (χ4v) is 5.60. The van der Waals surface area contributed by atoms with Gasteiger partial charge in [0.25, 0.3) is 5.91 Å². The summed E-state index contributed by atoms with van der Waals surface area (Å²) in [5, 5.41) is 2.95. The van der Waals surface area contributed by atoms with Gasteiger partial charge in [0.15, 0.2) is 0 Å². The highest BCUT2D eigenvalue weighted by atomic mass is 16.2. The number of fused-ring (bicyclic) bond motifs is 1. The van der Waals surface area contributed by atoms with Crippen molar-refractivity contribution in [1.29, 1.82) is 0 Å². The van der Waals surface area contributed by atoms with E-state index in [1.165, 1.54) is 0 Å². The first-order valence-corrected chi connectivity index (χ1v) is 8.40. The normalized spacial score (nSPS) is 45.4. The molecule has 4 bridgehead atoms. The van der Waals surface area contributed by atoms with Crippen molar-refractivity contribution in [2.45, 2.75) is 19.9 Å². The van der Waals surface area contributed by atoms with E-state index < -0.39 is 0 Å². The zero-order chi connectivity index (χ0) is 15.8. The van der Waals surface area contributed by atoms with Crippen LogP contribution in [0.2, 0.25) is 0 Å². The first-order valence-electron chi connectivity index (χ1n) is 8.40. The number of amides is 1. The van der Waals surface area contributed by atoms with Crippen molar-refractivity contribution in [3.8, 4) is 0 Å². The van der Waals surface area contributed by atoms with E-state index in [0.717, 1.165) is 44.1 Å². The van der Waals surface area contributed by atoms with Crippen LogP contribution >= 0.6 is 0 Å². The van der Waals surface area contributed by atoms with E-state index in [4.69, 9.17) is 4.99 Å². The minimum Gasteiger partial charge on any atom is -0.320 e. The molecule has 5 aliphatic rings. The Balaban J connectivity index is 1.61. The number of hydrogen-bond donors (Lipinski definition) is 1. The van der Waals surface area contributed by atoms with Crippen molar-refractivity contribution < 1.29 is 4.79 Å². The Morgan fingerprint density at radius 1 is 1.09 bits per heavy atom. The lowest BCUT2D eigenvalue weighted by Gasteiger charge is -2.65. The number of nitrogens with zero attached hydrogens (tertiary/aromatic N) is 3. The summed E-state index contributed by atoms with van der Waals surface area (Å²) < 4.78 is 0. The quantitative estimate of drug-likeness (QED) is 0.853. The van der Waals surface area contributed by atoms with Gasteiger partial charge in [0.1, 0.15) is 5.71 Å². The number of anilines is 1. The Kier molecular flexibility index (Phi) is 2.51. The number of hydrogen-bond acceptors (Lipinski definition) is 4. The van der Waals surface area contributed by atoms with Gasteiger partial charge in [-0.05, 0) is 6.07 Å². The molecule has 4 fully saturated rings. The molecule has 5 heteroatoms. The molecule has 0 atom stereocenters. The van der Waals surface area contributed by atoms with Crippen LogP contribution in [0.25, 0.3) is 0 Å². The highest BCUT2D eigenvalue weighted by molar-refractivity contribution is 6.53. The summed E-state index contributed by atoms with van der Waals surface area (Å²) in [7, 11) is 0. The topological polar surface area (TPSA) is 47.9 Å². The van der Waals surface area contributed by atoms with E-state index >= 15 is 0 Å². The standard InChI is InChI=1S/C18H22N4O/c1-17-7-21-9-18(2,10-22(8-17)11-21)16(17)20-14-12-5-3-4-6-13(12)19-15(14)23/h3-6,16H,7-11H2,1-2H3,(H,19,20,23). The Labute approximate surface area is 136 Å². The molecular weight excluding hydrogens is 288 g/mol. The molecule has 0 spiro atoms. The van der Waals surface area contributed by atoms with E-state index in [2.05, 4.69) is 29.0 Å². The second-order valence-corrected chi connectivity index (χ2v) is 8.30. The molecule has 120 valence electrons. The molecule has 0 saturated carbocycles. The van der Waals surface area contributed by atoms with Crippen molar-refractivity contribution in [1.82, 2.24) is 9.80 Å². The largest absolute Gasteiger partial charge is 0.320 e. The van der Waals surface area contributed by atoms with Gasteiger partial charge in [-0.25, -0.2) is 0 Å². The predicted molar refractivity (Wildman–Crippen MR) is 89.6 cm³/mol. The summed E-state index contributed by atoms with van der Waals surface area (Å²) in [4.78, 5) is 22.6. The lowest BCUT2D eigenvalue weighted by Crippen LogP contribution is -2.75. The highest BCUT2D eigenvalue weighted by Crippen LogP contribution is 2.50. The van der Waals surface area contributed by atoms with Crippen LogP contribution in [0.1, 0.15) is 19.4 Å². The van der Waals surface area contributed by atoms with Crippen LogP contribution in [-0.4, -0.2) is 60.3 Å².